The average Bonchev–Trinajstić information content (AvgIpc) is 2.36. The van der Waals surface area contributed by atoms with E-state index in [1.54, 1.807) is 0 Å². The summed E-state index contributed by atoms with van der Waals surface area (Å²) >= 11 is 0. The Hall–Kier alpha value is -1.58. The number of nitro groups is 1. The Bertz CT molecular complexity index is 607. The maximum atomic E-state index is 12.2. The summed E-state index contributed by atoms with van der Waals surface area (Å²) in [6.45, 7) is 2.00. The number of aliphatic hydroxyl groups is 1. The number of rotatable bonds is 5. The first kappa shape index (κ1) is 14.8. The number of aromatic nitrogens is 1. The van der Waals surface area contributed by atoms with Crippen LogP contribution in [0.3, 0.4) is 0 Å². The van der Waals surface area contributed by atoms with Gasteiger partial charge in [-0.2, -0.15) is 4.31 Å². The summed E-state index contributed by atoms with van der Waals surface area (Å²) < 4.78 is 25.5. The van der Waals surface area contributed by atoms with Crippen molar-refractivity contribution in [3.8, 4) is 0 Å². The van der Waals surface area contributed by atoms with Crippen molar-refractivity contribution in [2.45, 2.75) is 30.3 Å². The van der Waals surface area contributed by atoms with Crippen molar-refractivity contribution in [2.75, 3.05) is 13.1 Å². The fourth-order valence-corrected chi connectivity index (χ4v) is 3.73. The quantitative estimate of drug-likeness (QED) is 0.626. The molecule has 0 aliphatic carbocycles. The van der Waals surface area contributed by atoms with Crippen LogP contribution < -0.4 is 0 Å². The van der Waals surface area contributed by atoms with Crippen LogP contribution in [0.25, 0.3) is 0 Å². The van der Waals surface area contributed by atoms with E-state index in [1.165, 1.54) is 0 Å². The molecule has 1 aliphatic heterocycles. The van der Waals surface area contributed by atoms with Gasteiger partial charge in [0.25, 0.3) is 0 Å². The SMILES string of the molecule is CCCC1(O)CN(S(=O)(=O)c2ccc([N+](=O)[O-])nc2)C1. The van der Waals surface area contributed by atoms with Crippen LogP contribution in [-0.2, 0) is 10.0 Å². The maximum absolute atomic E-state index is 12.2. The number of nitrogens with zero attached hydrogens (tertiary/aromatic N) is 3. The standard InChI is InChI=1S/C11H15N3O5S/c1-2-5-11(15)7-13(8-11)20(18,19)9-3-4-10(12-6-9)14(16)17/h3-4,6,15H,2,5,7-8H2,1H3. The van der Waals surface area contributed by atoms with Gasteiger partial charge in [-0.25, -0.2) is 8.42 Å². The van der Waals surface area contributed by atoms with E-state index in [1.807, 2.05) is 6.92 Å². The molecule has 1 fully saturated rings. The Balaban J connectivity index is 2.14. The molecule has 1 aliphatic rings. The molecule has 110 valence electrons. The molecule has 1 N–H and O–H groups in total. The van der Waals surface area contributed by atoms with E-state index in [0.29, 0.717) is 6.42 Å². The lowest BCUT2D eigenvalue weighted by Gasteiger charge is -2.45. The third kappa shape index (κ3) is 2.65. The Morgan fingerprint density at radius 2 is 2.15 bits per heavy atom. The minimum Gasteiger partial charge on any atom is -0.387 e. The van der Waals surface area contributed by atoms with Gasteiger partial charge in [0.05, 0.1) is 5.60 Å². The Labute approximate surface area is 116 Å². The molecule has 1 aromatic heterocycles. The Morgan fingerprint density at radius 3 is 2.60 bits per heavy atom. The highest BCUT2D eigenvalue weighted by molar-refractivity contribution is 7.89. The summed E-state index contributed by atoms with van der Waals surface area (Å²) in [6, 6.07) is 2.20. The number of hydrogen-bond donors (Lipinski definition) is 1. The molecule has 0 atom stereocenters. The molecule has 0 amide bonds. The molecule has 9 heteroatoms. The van der Waals surface area contributed by atoms with E-state index in [0.717, 1.165) is 29.1 Å². The molecule has 0 saturated carbocycles. The maximum Gasteiger partial charge on any atom is 0.363 e. The van der Waals surface area contributed by atoms with Crippen molar-refractivity contribution in [3.05, 3.63) is 28.4 Å². The molecule has 0 radical (unpaired) electrons. The van der Waals surface area contributed by atoms with E-state index in [2.05, 4.69) is 4.98 Å². The minimum absolute atomic E-state index is 0.0418. The summed E-state index contributed by atoms with van der Waals surface area (Å²) in [5.41, 5.74) is -0.962. The molecule has 2 rings (SSSR count). The third-order valence-corrected chi connectivity index (χ3v) is 4.98. The summed E-state index contributed by atoms with van der Waals surface area (Å²) in [7, 11) is -3.75. The van der Waals surface area contributed by atoms with Crippen LogP contribution in [0, 0.1) is 10.1 Å². The minimum atomic E-state index is -3.75. The van der Waals surface area contributed by atoms with Gasteiger partial charge >= 0.3 is 5.82 Å². The monoisotopic (exact) mass is 301 g/mol. The molecule has 1 saturated heterocycles. The highest BCUT2D eigenvalue weighted by Crippen LogP contribution is 2.31. The molecule has 2 heterocycles. The summed E-state index contributed by atoms with van der Waals surface area (Å²) in [5, 5.41) is 20.5. The van der Waals surface area contributed by atoms with Gasteiger partial charge in [0.15, 0.2) is 6.20 Å². The molecule has 0 unspecified atom stereocenters. The normalized spacial score (nSPS) is 18.5. The van der Waals surface area contributed by atoms with Crippen LogP contribution in [0.15, 0.2) is 23.2 Å². The highest BCUT2D eigenvalue weighted by Gasteiger charge is 2.46. The second kappa shape index (κ2) is 5.08. The van der Waals surface area contributed by atoms with Crippen LogP contribution in [0.2, 0.25) is 0 Å². The van der Waals surface area contributed by atoms with Crippen molar-refractivity contribution in [1.29, 1.82) is 0 Å². The van der Waals surface area contributed by atoms with E-state index in [4.69, 9.17) is 0 Å². The number of pyridine rings is 1. The van der Waals surface area contributed by atoms with E-state index >= 15 is 0 Å². The van der Waals surface area contributed by atoms with Crippen molar-refractivity contribution < 1.29 is 18.4 Å². The molecule has 0 bridgehead atoms. The molecule has 0 aromatic carbocycles. The molecular formula is C11H15N3O5S. The van der Waals surface area contributed by atoms with Gasteiger partial charge in [-0.05, 0) is 22.4 Å². The van der Waals surface area contributed by atoms with Crippen LogP contribution in [0.1, 0.15) is 19.8 Å². The Kier molecular flexibility index (Phi) is 3.76. The second-order valence-electron chi connectivity index (χ2n) is 4.86. The van der Waals surface area contributed by atoms with E-state index in [9.17, 15) is 23.6 Å². The van der Waals surface area contributed by atoms with Crippen molar-refractivity contribution in [1.82, 2.24) is 9.29 Å². The fraction of sp³-hybridized carbons (Fsp3) is 0.545. The van der Waals surface area contributed by atoms with Crippen LogP contribution in [0.5, 0.6) is 0 Å². The third-order valence-electron chi connectivity index (χ3n) is 3.20. The fourth-order valence-electron chi connectivity index (χ4n) is 2.19. The van der Waals surface area contributed by atoms with Crippen LogP contribution >= 0.6 is 0 Å². The average molecular weight is 301 g/mol. The van der Waals surface area contributed by atoms with Gasteiger partial charge in [0.1, 0.15) is 4.90 Å². The number of sulfonamides is 1. The predicted octanol–water partition coefficient (Wildman–Crippen LogP) is 0.525. The van der Waals surface area contributed by atoms with Gasteiger partial charge in [-0.15, -0.1) is 0 Å². The lowest BCUT2D eigenvalue weighted by molar-refractivity contribution is -0.389. The molecule has 1 aromatic rings. The highest BCUT2D eigenvalue weighted by atomic mass is 32.2. The largest absolute Gasteiger partial charge is 0.387 e. The topological polar surface area (TPSA) is 114 Å². The Morgan fingerprint density at radius 1 is 1.50 bits per heavy atom. The predicted molar refractivity (Wildman–Crippen MR) is 69.5 cm³/mol. The van der Waals surface area contributed by atoms with Crippen molar-refractivity contribution in [3.63, 3.8) is 0 Å². The summed E-state index contributed by atoms with van der Waals surface area (Å²) in [4.78, 5) is 13.2. The first-order chi connectivity index (χ1) is 9.28. The van der Waals surface area contributed by atoms with Gasteiger partial charge in [0, 0.05) is 19.2 Å². The van der Waals surface area contributed by atoms with Crippen molar-refractivity contribution >= 4 is 15.8 Å². The van der Waals surface area contributed by atoms with E-state index < -0.39 is 26.4 Å². The van der Waals surface area contributed by atoms with E-state index in [-0.39, 0.29) is 18.0 Å². The lowest BCUT2D eigenvalue weighted by Crippen LogP contribution is -2.63. The first-order valence-corrected chi connectivity index (χ1v) is 7.55. The zero-order valence-electron chi connectivity index (χ0n) is 10.9. The van der Waals surface area contributed by atoms with Gasteiger partial charge in [-0.3, -0.25) is 0 Å². The molecule has 20 heavy (non-hydrogen) atoms. The van der Waals surface area contributed by atoms with Gasteiger partial charge in [-0.1, -0.05) is 13.3 Å². The number of β-amino-alcohol motifs (C(OH)–C–C–N with tert-alkyl or cyclic N) is 1. The molecule has 0 spiro atoms. The van der Waals surface area contributed by atoms with Crippen molar-refractivity contribution in [2.24, 2.45) is 0 Å². The summed E-state index contributed by atoms with van der Waals surface area (Å²) in [6.07, 6.45) is 2.27. The lowest BCUT2D eigenvalue weighted by atomic mass is 9.92. The second-order valence-corrected chi connectivity index (χ2v) is 6.79. The zero-order valence-corrected chi connectivity index (χ0v) is 11.7. The number of hydrogen-bond acceptors (Lipinski definition) is 6. The van der Waals surface area contributed by atoms with Gasteiger partial charge < -0.3 is 15.2 Å². The molecular weight excluding hydrogens is 286 g/mol. The first-order valence-electron chi connectivity index (χ1n) is 6.11. The zero-order chi connectivity index (χ0) is 15.0. The smallest absolute Gasteiger partial charge is 0.363 e. The van der Waals surface area contributed by atoms with Crippen LogP contribution in [0.4, 0.5) is 5.82 Å². The molecule has 8 nitrogen and oxygen atoms in total. The summed E-state index contributed by atoms with van der Waals surface area (Å²) in [5.74, 6) is -0.407. The van der Waals surface area contributed by atoms with Gasteiger partial charge in [0.2, 0.25) is 10.0 Å². The van der Waals surface area contributed by atoms with Crippen LogP contribution in [-0.4, -0.2) is 46.4 Å².